The van der Waals surface area contributed by atoms with Crippen LogP contribution in [-0.4, -0.2) is 43.0 Å². The first-order valence-electron chi connectivity index (χ1n) is 7.63. The molecule has 2 rings (SSSR count). The number of hydrogen-bond acceptors (Lipinski definition) is 4. The molecule has 5 nitrogen and oxygen atoms in total. The molecule has 0 aromatic heterocycles. The van der Waals surface area contributed by atoms with Crippen molar-refractivity contribution in [2.75, 3.05) is 31.6 Å². The molecule has 23 heavy (non-hydrogen) atoms. The summed E-state index contributed by atoms with van der Waals surface area (Å²) in [7, 11) is 0. The molecular formula is C16H20Cl2N2O3. The molecule has 126 valence electrons. The first kappa shape index (κ1) is 18.0. The highest BCUT2D eigenvalue weighted by molar-refractivity contribution is 6.36. The Morgan fingerprint density at radius 2 is 2.17 bits per heavy atom. The average molecular weight is 359 g/mol. The van der Waals surface area contributed by atoms with Gasteiger partial charge in [-0.05, 0) is 44.5 Å². The summed E-state index contributed by atoms with van der Waals surface area (Å²) in [6.07, 6.45) is 1.68. The summed E-state index contributed by atoms with van der Waals surface area (Å²) in [5.41, 5.74) is 0.528. The molecule has 0 radical (unpaired) electrons. The van der Waals surface area contributed by atoms with Crippen LogP contribution in [0.1, 0.15) is 19.8 Å². The van der Waals surface area contributed by atoms with Crippen LogP contribution in [0.3, 0.4) is 0 Å². The van der Waals surface area contributed by atoms with E-state index in [-0.39, 0.29) is 24.3 Å². The first-order valence-corrected chi connectivity index (χ1v) is 8.39. The number of amides is 1. The molecule has 1 N–H and O–H groups in total. The lowest BCUT2D eigenvalue weighted by Crippen LogP contribution is -2.43. The molecule has 1 aliphatic rings. The Labute approximate surface area is 145 Å². The number of piperidine rings is 1. The van der Waals surface area contributed by atoms with Gasteiger partial charge in [0.15, 0.2) is 0 Å². The molecule has 1 heterocycles. The number of carbonyl (C=O) groups excluding carboxylic acids is 2. The van der Waals surface area contributed by atoms with Crippen molar-refractivity contribution in [1.29, 1.82) is 0 Å². The van der Waals surface area contributed by atoms with Crippen molar-refractivity contribution in [3.8, 4) is 0 Å². The fraction of sp³-hybridized carbons (Fsp3) is 0.500. The Balaban J connectivity index is 1.88. The van der Waals surface area contributed by atoms with Gasteiger partial charge < -0.3 is 10.1 Å². The third kappa shape index (κ3) is 5.37. The number of nitrogens with zero attached hydrogens (tertiary/aromatic N) is 1. The summed E-state index contributed by atoms with van der Waals surface area (Å²) in [6, 6.07) is 4.91. The largest absolute Gasteiger partial charge is 0.466 e. The predicted molar refractivity (Wildman–Crippen MR) is 90.9 cm³/mol. The summed E-state index contributed by atoms with van der Waals surface area (Å²) in [4.78, 5) is 25.9. The van der Waals surface area contributed by atoms with E-state index in [1.165, 1.54) is 0 Å². The van der Waals surface area contributed by atoms with Gasteiger partial charge in [-0.25, -0.2) is 0 Å². The highest BCUT2D eigenvalue weighted by Gasteiger charge is 2.27. The van der Waals surface area contributed by atoms with E-state index in [1.54, 1.807) is 25.1 Å². The molecule has 0 saturated carbocycles. The Morgan fingerprint density at radius 3 is 2.87 bits per heavy atom. The maximum atomic E-state index is 12.2. The molecule has 1 fully saturated rings. The Hall–Kier alpha value is -1.30. The van der Waals surface area contributed by atoms with E-state index in [2.05, 4.69) is 5.32 Å². The van der Waals surface area contributed by atoms with Crippen molar-refractivity contribution >= 4 is 40.8 Å². The van der Waals surface area contributed by atoms with Crippen LogP contribution in [-0.2, 0) is 14.3 Å². The zero-order valence-corrected chi connectivity index (χ0v) is 14.5. The van der Waals surface area contributed by atoms with E-state index in [4.69, 9.17) is 27.9 Å². The summed E-state index contributed by atoms with van der Waals surface area (Å²) in [5, 5.41) is 3.68. The van der Waals surface area contributed by atoms with Crippen molar-refractivity contribution in [3.63, 3.8) is 0 Å². The molecule has 1 saturated heterocycles. The number of ether oxygens (including phenoxy) is 1. The van der Waals surface area contributed by atoms with E-state index in [0.717, 1.165) is 19.4 Å². The molecule has 1 unspecified atom stereocenters. The van der Waals surface area contributed by atoms with Gasteiger partial charge in [0, 0.05) is 11.6 Å². The summed E-state index contributed by atoms with van der Waals surface area (Å²) in [5.74, 6) is -0.507. The van der Waals surface area contributed by atoms with Crippen molar-refractivity contribution in [1.82, 2.24) is 4.90 Å². The maximum Gasteiger partial charge on any atom is 0.310 e. The van der Waals surface area contributed by atoms with Gasteiger partial charge in [-0.15, -0.1) is 0 Å². The SMILES string of the molecule is CCOC(=O)C1CCCN(CC(=O)Nc2ccc(Cl)cc2Cl)C1. The maximum absolute atomic E-state index is 12.2. The molecule has 1 atom stereocenters. The van der Waals surface area contributed by atoms with Crippen LogP contribution in [0.2, 0.25) is 10.0 Å². The lowest BCUT2D eigenvalue weighted by atomic mass is 9.98. The molecule has 0 aliphatic carbocycles. The molecule has 7 heteroatoms. The van der Waals surface area contributed by atoms with E-state index in [9.17, 15) is 9.59 Å². The number of rotatable bonds is 5. The van der Waals surface area contributed by atoms with E-state index in [0.29, 0.717) is 28.9 Å². The number of likely N-dealkylation sites (tertiary alicyclic amines) is 1. The van der Waals surface area contributed by atoms with Crippen molar-refractivity contribution in [3.05, 3.63) is 28.2 Å². The molecule has 1 aliphatic heterocycles. The zero-order chi connectivity index (χ0) is 16.8. The third-order valence-electron chi connectivity index (χ3n) is 3.70. The van der Waals surface area contributed by atoms with Crippen molar-refractivity contribution in [2.24, 2.45) is 5.92 Å². The van der Waals surface area contributed by atoms with Gasteiger partial charge in [0.05, 0.1) is 29.8 Å². The topological polar surface area (TPSA) is 58.6 Å². The van der Waals surface area contributed by atoms with Gasteiger partial charge >= 0.3 is 5.97 Å². The second kappa shape index (κ2) is 8.52. The van der Waals surface area contributed by atoms with Crippen LogP contribution in [0, 0.1) is 5.92 Å². The highest BCUT2D eigenvalue weighted by atomic mass is 35.5. The molecule has 1 aromatic carbocycles. The number of benzene rings is 1. The minimum absolute atomic E-state index is 0.157. The van der Waals surface area contributed by atoms with Gasteiger partial charge in [0.2, 0.25) is 5.91 Å². The number of esters is 1. The lowest BCUT2D eigenvalue weighted by Gasteiger charge is -2.30. The van der Waals surface area contributed by atoms with Crippen LogP contribution in [0.25, 0.3) is 0 Å². The van der Waals surface area contributed by atoms with Crippen LogP contribution < -0.4 is 5.32 Å². The smallest absolute Gasteiger partial charge is 0.310 e. The minimum Gasteiger partial charge on any atom is -0.466 e. The number of anilines is 1. The van der Waals surface area contributed by atoms with Crippen LogP contribution in [0.5, 0.6) is 0 Å². The van der Waals surface area contributed by atoms with Gasteiger partial charge in [0.25, 0.3) is 0 Å². The predicted octanol–water partition coefficient (Wildman–Crippen LogP) is 3.21. The minimum atomic E-state index is -0.182. The van der Waals surface area contributed by atoms with Crippen LogP contribution >= 0.6 is 23.2 Å². The number of hydrogen-bond donors (Lipinski definition) is 1. The van der Waals surface area contributed by atoms with E-state index in [1.807, 2.05) is 4.90 Å². The molecule has 0 bridgehead atoms. The normalized spacial score (nSPS) is 18.5. The summed E-state index contributed by atoms with van der Waals surface area (Å²) < 4.78 is 5.06. The second-order valence-corrected chi connectivity index (χ2v) is 6.34. The summed E-state index contributed by atoms with van der Waals surface area (Å²) >= 11 is 11.9. The van der Waals surface area contributed by atoms with Gasteiger partial charge in [-0.1, -0.05) is 23.2 Å². The molecule has 1 amide bonds. The highest BCUT2D eigenvalue weighted by Crippen LogP contribution is 2.25. The molecule has 0 spiro atoms. The zero-order valence-electron chi connectivity index (χ0n) is 13.0. The van der Waals surface area contributed by atoms with E-state index >= 15 is 0 Å². The van der Waals surface area contributed by atoms with Gasteiger partial charge in [0.1, 0.15) is 0 Å². The second-order valence-electron chi connectivity index (χ2n) is 5.50. The quantitative estimate of drug-likeness (QED) is 0.821. The fourth-order valence-corrected chi connectivity index (χ4v) is 3.09. The van der Waals surface area contributed by atoms with Gasteiger partial charge in [-0.3, -0.25) is 14.5 Å². The monoisotopic (exact) mass is 358 g/mol. The third-order valence-corrected chi connectivity index (χ3v) is 4.25. The Kier molecular flexibility index (Phi) is 6.69. The Bertz CT molecular complexity index is 580. The number of carbonyl (C=O) groups is 2. The summed E-state index contributed by atoms with van der Waals surface area (Å²) in [6.45, 7) is 3.72. The first-order chi connectivity index (χ1) is 11.0. The van der Waals surface area contributed by atoms with Crippen LogP contribution in [0.4, 0.5) is 5.69 Å². The molecule has 1 aromatic rings. The number of nitrogens with one attached hydrogen (secondary N) is 1. The van der Waals surface area contributed by atoms with Crippen LogP contribution in [0.15, 0.2) is 18.2 Å². The Morgan fingerprint density at radius 1 is 1.39 bits per heavy atom. The average Bonchev–Trinajstić information content (AvgIpc) is 2.50. The standard InChI is InChI=1S/C16H20Cl2N2O3/c1-2-23-16(22)11-4-3-7-20(9-11)10-15(21)19-14-6-5-12(17)8-13(14)18/h5-6,8,11H,2-4,7,9-10H2,1H3,(H,19,21). The number of halogens is 2. The molecular weight excluding hydrogens is 339 g/mol. The van der Waals surface area contributed by atoms with E-state index < -0.39 is 0 Å². The van der Waals surface area contributed by atoms with Crippen molar-refractivity contribution in [2.45, 2.75) is 19.8 Å². The fourth-order valence-electron chi connectivity index (χ4n) is 2.64. The van der Waals surface area contributed by atoms with Gasteiger partial charge in [-0.2, -0.15) is 0 Å². The lowest BCUT2D eigenvalue weighted by molar-refractivity contribution is -0.150. The van der Waals surface area contributed by atoms with Crippen molar-refractivity contribution < 1.29 is 14.3 Å².